The molecule has 25 heavy (non-hydrogen) atoms. The molecule has 0 radical (unpaired) electrons. The van der Waals surface area contributed by atoms with Gasteiger partial charge in [-0.2, -0.15) is 0 Å². The number of carbonyl (C=O) groups is 3. The van der Waals surface area contributed by atoms with E-state index >= 15 is 0 Å². The van der Waals surface area contributed by atoms with Gasteiger partial charge in [0.2, 0.25) is 0 Å². The molecule has 0 aliphatic rings. The summed E-state index contributed by atoms with van der Waals surface area (Å²) in [6.07, 6.45) is -0.0525. The minimum absolute atomic E-state index is 0.0525. The number of ether oxygens (including phenoxy) is 3. The van der Waals surface area contributed by atoms with Crippen molar-refractivity contribution in [1.29, 1.82) is 0 Å². The first-order valence-electron chi connectivity index (χ1n) is 7.51. The molecular formula is C19H18O6. The Kier molecular flexibility index (Phi) is 5.89. The monoisotopic (exact) mass is 342 g/mol. The summed E-state index contributed by atoms with van der Waals surface area (Å²) in [5, 5.41) is 0. The Bertz CT molecular complexity index is 792. The Morgan fingerprint density at radius 1 is 0.920 bits per heavy atom. The fraction of sp³-hybridized carbons (Fsp3) is 0.211. The van der Waals surface area contributed by atoms with Crippen molar-refractivity contribution in [3.63, 3.8) is 0 Å². The highest BCUT2D eigenvalue weighted by atomic mass is 16.5. The van der Waals surface area contributed by atoms with Crippen LogP contribution < -0.4 is 9.47 Å². The fourth-order valence-electron chi connectivity index (χ4n) is 2.24. The number of esters is 2. The lowest BCUT2D eigenvalue weighted by molar-refractivity contribution is -0.133. The van der Waals surface area contributed by atoms with Crippen molar-refractivity contribution < 1.29 is 28.6 Å². The van der Waals surface area contributed by atoms with E-state index in [0.717, 1.165) is 0 Å². The molecule has 2 rings (SSSR count). The van der Waals surface area contributed by atoms with Crippen LogP contribution in [0.5, 0.6) is 11.5 Å². The second-order valence-electron chi connectivity index (χ2n) is 5.25. The lowest BCUT2D eigenvalue weighted by Gasteiger charge is -2.10. The minimum Gasteiger partial charge on any atom is -0.496 e. The number of rotatable bonds is 6. The first kappa shape index (κ1) is 18.2. The van der Waals surface area contributed by atoms with Gasteiger partial charge in [0, 0.05) is 11.1 Å². The van der Waals surface area contributed by atoms with Crippen LogP contribution >= 0.6 is 0 Å². The number of benzene rings is 2. The van der Waals surface area contributed by atoms with Gasteiger partial charge >= 0.3 is 11.9 Å². The van der Waals surface area contributed by atoms with E-state index in [0.29, 0.717) is 28.2 Å². The van der Waals surface area contributed by atoms with Gasteiger partial charge in [-0.3, -0.25) is 9.59 Å². The molecule has 0 unspecified atom stereocenters. The maximum atomic E-state index is 12.2. The van der Waals surface area contributed by atoms with Crippen LogP contribution in [0, 0.1) is 0 Å². The minimum atomic E-state index is -0.509. The lowest BCUT2D eigenvalue weighted by Crippen LogP contribution is -2.12. The van der Waals surface area contributed by atoms with E-state index in [1.807, 2.05) is 0 Å². The van der Waals surface area contributed by atoms with Crippen LogP contribution in [0.15, 0.2) is 42.5 Å². The molecule has 0 aliphatic carbocycles. The zero-order valence-electron chi connectivity index (χ0n) is 14.2. The van der Waals surface area contributed by atoms with Gasteiger partial charge in [0.15, 0.2) is 5.78 Å². The van der Waals surface area contributed by atoms with Gasteiger partial charge in [-0.25, -0.2) is 4.79 Å². The van der Waals surface area contributed by atoms with Crippen LogP contribution in [0.1, 0.15) is 33.2 Å². The van der Waals surface area contributed by atoms with Gasteiger partial charge in [0.1, 0.15) is 11.5 Å². The standard InChI is InChI=1S/C19H18O6/c1-12(20)14-6-9-17(23-2)15(10-14)11-18(21)25-16-7-4-13(5-8-16)19(22)24-3/h4-10H,11H2,1-3H3. The largest absolute Gasteiger partial charge is 0.496 e. The second kappa shape index (κ2) is 8.10. The van der Waals surface area contributed by atoms with Crippen molar-refractivity contribution in [3.8, 4) is 11.5 Å². The highest BCUT2D eigenvalue weighted by molar-refractivity contribution is 5.94. The lowest BCUT2D eigenvalue weighted by atomic mass is 10.0. The molecule has 0 heterocycles. The van der Waals surface area contributed by atoms with E-state index in [9.17, 15) is 14.4 Å². The van der Waals surface area contributed by atoms with Gasteiger partial charge in [-0.15, -0.1) is 0 Å². The van der Waals surface area contributed by atoms with Gasteiger partial charge < -0.3 is 14.2 Å². The van der Waals surface area contributed by atoms with Gasteiger partial charge in [0.25, 0.3) is 0 Å². The molecule has 0 aliphatic heterocycles. The Morgan fingerprint density at radius 3 is 2.12 bits per heavy atom. The number of hydrogen-bond acceptors (Lipinski definition) is 6. The summed E-state index contributed by atoms with van der Waals surface area (Å²) in [5.41, 5.74) is 1.41. The number of hydrogen-bond donors (Lipinski definition) is 0. The molecule has 130 valence electrons. The Labute approximate surface area is 145 Å². The van der Waals surface area contributed by atoms with Gasteiger partial charge in [-0.05, 0) is 49.4 Å². The molecule has 0 saturated heterocycles. The number of ketones is 1. The molecule has 0 N–H and O–H groups in total. The SMILES string of the molecule is COC(=O)c1ccc(OC(=O)Cc2cc(C(C)=O)ccc2OC)cc1. The Balaban J connectivity index is 2.10. The van der Waals surface area contributed by atoms with Crippen LogP contribution in [0.2, 0.25) is 0 Å². The summed E-state index contributed by atoms with van der Waals surface area (Å²) >= 11 is 0. The van der Waals surface area contributed by atoms with E-state index in [1.165, 1.54) is 45.4 Å². The third kappa shape index (κ3) is 4.67. The summed E-state index contributed by atoms with van der Waals surface area (Å²) in [4.78, 5) is 35.0. The zero-order valence-corrected chi connectivity index (χ0v) is 14.2. The molecular weight excluding hydrogens is 324 g/mol. The molecule has 0 saturated carbocycles. The van der Waals surface area contributed by atoms with Crippen LogP contribution in [0.3, 0.4) is 0 Å². The first-order valence-corrected chi connectivity index (χ1v) is 7.51. The van der Waals surface area contributed by atoms with E-state index in [-0.39, 0.29) is 12.2 Å². The summed E-state index contributed by atoms with van der Waals surface area (Å²) in [6, 6.07) is 10.9. The summed E-state index contributed by atoms with van der Waals surface area (Å²) in [5.74, 6) is -0.272. The Morgan fingerprint density at radius 2 is 1.56 bits per heavy atom. The topological polar surface area (TPSA) is 78.9 Å². The van der Waals surface area contributed by atoms with Gasteiger partial charge in [0.05, 0.1) is 26.2 Å². The number of methoxy groups -OCH3 is 2. The summed E-state index contributed by atoms with van der Waals surface area (Å²) < 4.78 is 15.1. The average molecular weight is 342 g/mol. The molecule has 6 heteroatoms. The predicted molar refractivity (Wildman–Crippen MR) is 90.1 cm³/mol. The highest BCUT2D eigenvalue weighted by Crippen LogP contribution is 2.22. The maximum Gasteiger partial charge on any atom is 0.337 e. The molecule has 6 nitrogen and oxygen atoms in total. The molecule has 0 atom stereocenters. The van der Waals surface area contributed by atoms with E-state index in [1.54, 1.807) is 18.2 Å². The molecule has 2 aromatic carbocycles. The molecule has 0 fully saturated rings. The van der Waals surface area contributed by atoms with Crippen LogP contribution in [0.4, 0.5) is 0 Å². The highest BCUT2D eigenvalue weighted by Gasteiger charge is 2.14. The summed E-state index contributed by atoms with van der Waals surface area (Å²) in [6.45, 7) is 1.45. The fourth-order valence-corrected chi connectivity index (χ4v) is 2.24. The average Bonchev–Trinajstić information content (AvgIpc) is 2.61. The van der Waals surface area contributed by atoms with Crippen molar-refractivity contribution in [2.45, 2.75) is 13.3 Å². The predicted octanol–water partition coefficient (Wildman–Crippen LogP) is 2.83. The molecule has 0 aromatic heterocycles. The van der Waals surface area contributed by atoms with Crippen LogP contribution in [0.25, 0.3) is 0 Å². The third-order valence-electron chi connectivity index (χ3n) is 3.53. The quantitative estimate of drug-likeness (QED) is 0.456. The van der Waals surface area contributed by atoms with Crippen molar-refractivity contribution >= 4 is 17.7 Å². The third-order valence-corrected chi connectivity index (χ3v) is 3.53. The van der Waals surface area contributed by atoms with Crippen molar-refractivity contribution in [1.82, 2.24) is 0 Å². The smallest absolute Gasteiger partial charge is 0.337 e. The number of carbonyl (C=O) groups excluding carboxylic acids is 3. The first-order chi connectivity index (χ1) is 11.9. The maximum absolute atomic E-state index is 12.2. The molecule has 0 bridgehead atoms. The van der Waals surface area contributed by atoms with E-state index in [4.69, 9.17) is 9.47 Å². The zero-order chi connectivity index (χ0) is 18.4. The Hall–Kier alpha value is -3.15. The van der Waals surface area contributed by atoms with E-state index < -0.39 is 11.9 Å². The summed E-state index contributed by atoms with van der Waals surface area (Å²) in [7, 11) is 2.78. The van der Waals surface area contributed by atoms with Crippen molar-refractivity contribution in [2.75, 3.05) is 14.2 Å². The molecule has 2 aromatic rings. The van der Waals surface area contributed by atoms with Crippen molar-refractivity contribution in [3.05, 3.63) is 59.2 Å². The van der Waals surface area contributed by atoms with Crippen LogP contribution in [-0.2, 0) is 16.0 Å². The van der Waals surface area contributed by atoms with E-state index in [2.05, 4.69) is 4.74 Å². The van der Waals surface area contributed by atoms with Crippen LogP contribution in [-0.4, -0.2) is 31.9 Å². The molecule has 0 amide bonds. The normalized spacial score (nSPS) is 10.0. The second-order valence-corrected chi connectivity index (χ2v) is 5.25. The number of Topliss-reactive ketones (excluding diaryl/α,β-unsaturated/α-hetero) is 1. The molecule has 0 spiro atoms. The van der Waals surface area contributed by atoms with Crippen molar-refractivity contribution in [2.24, 2.45) is 0 Å². The van der Waals surface area contributed by atoms with Gasteiger partial charge in [-0.1, -0.05) is 0 Å².